The summed E-state index contributed by atoms with van der Waals surface area (Å²) in [4.78, 5) is 0.998. The van der Waals surface area contributed by atoms with Crippen LogP contribution in [0.25, 0.3) is 5.03 Å². The van der Waals surface area contributed by atoms with Crippen molar-refractivity contribution in [2.45, 2.75) is 11.2 Å². The van der Waals surface area contributed by atoms with E-state index in [1.165, 1.54) is 12.1 Å². The molecule has 2 heterocycles. The Morgan fingerprint density at radius 3 is 2.82 bits per heavy atom. The lowest BCUT2D eigenvalue weighted by Crippen LogP contribution is -2.16. The standard InChI is InChI=1S/C12H10ClFO2S/c13-11-8-5-7(14)1-2-10(8)17-6-9(11)12-15-3-4-16-12/h1-2,5,12H,3-4,6H2. The number of benzene rings is 1. The van der Waals surface area contributed by atoms with Gasteiger partial charge >= 0.3 is 0 Å². The van der Waals surface area contributed by atoms with Gasteiger partial charge in [0.05, 0.1) is 18.2 Å². The summed E-state index contributed by atoms with van der Waals surface area (Å²) in [5, 5.41) is 0.560. The monoisotopic (exact) mass is 272 g/mol. The summed E-state index contributed by atoms with van der Waals surface area (Å²) < 4.78 is 24.1. The maximum absolute atomic E-state index is 13.2. The Morgan fingerprint density at radius 2 is 2.06 bits per heavy atom. The molecule has 1 aromatic rings. The summed E-state index contributed by atoms with van der Waals surface area (Å²) in [6, 6.07) is 4.66. The molecule has 2 nitrogen and oxygen atoms in total. The molecule has 0 amide bonds. The largest absolute Gasteiger partial charge is 0.346 e. The normalized spacial score (nSPS) is 20.8. The lowest BCUT2D eigenvalue weighted by Gasteiger charge is -2.22. The Morgan fingerprint density at radius 1 is 1.29 bits per heavy atom. The van der Waals surface area contributed by atoms with Crippen LogP contribution in [0.4, 0.5) is 4.39 Å². The molecule has 0 atom stereocenters. The predicted octanol–water partition coefficient (Wildman–Crippen LogP) is 3.25. The van der Waals surface area contributed by atoms with E-state index in [9.17, 15) is 4.39 Å². The third kappa shape index (κ3) is 2.10. The molecule has 0 aliphatic carbocycles. The van der Waals surface area contributed by atoms with Gasteiger partial charge in [0.15, 0.2) is 6.29 Å². The Labute approximate surface area is 108 Å². The molecule has 5 heteroatoms. The fourth-order valence-corrected chi connectivity index (χ4v) is 3.44. The third-order valence-electron chi connectivity index (χ3n) is 2.75. The zero-order chi connectivity index (χ0) is 11.8. The minimum atomic E-state index is -0.369. The van der Waals surface area contributed by atoms with E-state index in [-0.39, 0.29) is 12.1 Å². The Balaban J connectivity index is 2.03. The molecule has 0 radical (unpaired) electrons. The molecule has 0 bridgehead atoms. The van der Waals surface area contributed by atoms with Crippen molar-refractivity contribution in [3.63, 3.8) is 0 Å². The van der Waals surface area contributed by atoms with E-state index in [1.807, 2.05) is 0 Å². The molecule has 0 unspecified atom stereocenters. The highest BCUT2D eigenvalue weighted by Gasteiger charge is 2.28. The van der Waals surface area contributed by atoms with Crippen LogP contribution in [-0.2, 0) is 9.47 Å². The molecular formula is C12H10ClFO2S. The number of rotatable bonds is 1. The van der Waals surface area contributed by atoms with Crippen LogP contribution in [0.5, 0.6) is 0 Å². The van der Waals surface area contributed by atoms with Gasteiger partial charge in [0, 0.05) is 21.8 Å². The van der Waals surface area contributed by atoms with Crippen molar-refractivity contribution in [1.29, 1.82) is 0 Å². The second-order valence-corrected chi connectivity index (χ2v) is 5.24. The van der Waals surface area contributed by atoms with Gasteiger partial charge in [-0.15, -0.1) is 11.8 Å². The second kappa shape index (κ2) is 4.61. The fraction of sp³-hybridized carbons (Fsp3) is 0.333. The molecule has 3 rings (SSSR count). The van der Waals surface area contributed by atoms with Crippen LogP contribution in [0.1, 0.15) is 5.56 Å². The van der Waals surface area contributed by atoms with Crippen LogP contribution < -0.4 is 0 Å². The van der Waals surface area contributed by atoms with Crippen LogP contribution in [0.2, 0.25) is 0 Å². The van der Waals surface area contributed by atoms with Gasteiger partial charge in [-0.25, -0.2) is 4.39 Å². The number of hydrogen-bond donors (Lipinski definition) is 0. The molecule has 0 saturated carbocycles. The quantitative estimate of drug-likeness (QED) is 0.782. The lowest BCUT2D eigenvalue weighted by molar-refractivity contribution is -0.00990. The Bertz CT molecular complexity index is 483. The predicted molar refractivity (Wildman–Crippen MR) is 65.6 cm³/mol. The topological polar surface area (TPSA) is 18.5 Å². The average Bonchev–Trinajstić information content (AvgIpc) is 2.84. The second-order valence-electron chi connectivity index (χ2n) is 3.84. The van der Waals surface area contributed by atoms with Gasteiger partial charge in [0.25, 0.3) is 0 Å². The first kappa shape index (κ1) is 11.5. The zero-order valence-corrected chi connectivity index (χ0v) is 10.5. The van der Waals surface area contributed by atoms with Gasteiger partial charge in [0.2, 0.25) is 0 Å². The van der Waals surface area contributed by atoms with Gasteiger partial charge in [-0.2, -0.15) is 0 Å². The van der Waals surface area contributed by atoms with E-state index in [4.69, 9.17) is 21.1 Å². The molecular weight excluding hydrogens is 263 g/mol. The van der Waals surface area contributed by atoms with Gasteiger partial charge in [-0.1, -0.05) is 11.6 Å². The SMILES string of the molecule is Fc1ccc2c(c1)C(Cl)=C(C1OCCO1)CS2. The van der Waals surface area contributed by atoms with Gasteiger partial charge in [-0.3, -0.25) is 0 Å². The number of fused-ring (bicyclic) bond motifs is 1. The summed E-state index contributed by atoms with van der Waals surface area (Å²) in [6.45, 7) is 1.16. The lowest BCUT2D eigenvalue weighted by atomic mass is 10.1. The molecule has 17 heavy (non-hydrogen) atoms. The zero-order valence-electron chi connectivity index (χ0n) is 8.91. The smallest absolute Gasteiger partial charge is 0.182 e. The molecule has 1 fully saturated rings. The summed E-state index contributed by atoms with van der Waals surface area (Å²) in [6.07, 6.45) is -0.369. The van der Waals surface area contributed by atoms with E-state index in [0.717, 1.165) is 21.8 Å². The van der Waals surface area contributed by atoms with E-state index in [2.05, 4.69) is 0 Å². The number of thioether (sulfide) groups is 1. The van der Waals surface area contributed by atoms with Gasteiger partial charge in [-0.05, 0) is 18.2 Å². The van der Waals surface area contributed by atoms with Crippen molar-refractivity contribution >= 4 is 28.4 Å². The molecule has 2 aliphatic heterocycles. The highest BCUT2D eigenvalue weighted by molar-refractivity contribution is 7.99. The first-order valence-electron chi connectivity index (χ1n) is 5.30. The van der Waals surface area contributed by atoms with Gasteiger partial charge in [0.1, 0.15) is 5.82 Å². The Kier molecular flexibility index (Phi) is 3.13. The van der Waals surface area contributed by atoms with E-state index < -0.39 is 0 Å². The molecule has 2 aliphatic rings. The first-order chi connectivity index (χ1) is 8.25. The van der Waals surface area contributed by atoms with Gasteiger partial charge < -0.3 is 9.47 Å². The molecule has 90 valence electrons. The first-order valence-corrected chi connectivity index (χ1v) is 6.66. The average molecular weight is 273 g/mol. The maximum atomic E-state index is 13.2. The van der Waals surface area contributed by atoms with Crippen molar-refractivity contribution in [3.8, 4) is 0 Å². The van der Waals surface area contributed by atoms with Crippen molar-refractivity contribution in [3.05, 3.63) is 35.2 Å². The molecule has 0 N–H and O–H groups in total. The number of halogens is 2. The van der Waals surface area contributed by atoms with Crippen molar-refractivity contribution in [2.75, 3.05) is 19.0 Å². The summed E-state index contributed by atoms with van der Waals surface area (Å²) in [5.41, 5.74) is 1.63. The van der Waals surface area contributed by atoms with Crippen LogP contribution in [0.15, 0.2) is 28.7 Å². The number of ether oxygens (including phenoxy) is 2. The van der Waals surface area contributed by atoms with Crippen molar-refractivity contribution in [1.82, 2.24) is 0 Å². The molecule has 1 aromatic carbocycles. The van der Waals surface area contributed by atoms with Crippen molar-refractivity contribution in [2.24, 2.45) is 0 Å². The van der Waals surface area contributed by atoms with E-state index in [0.29, 0.717) is 18.2 Å². The molecule has 0 aromatic heterocycles. The molecule has 0 spiro atoms. The summed E-state index contributed by atoms with van der Waals surface area (Å²) in [7, 11) is 0. The minimum absolute atomic E-state index is 0.281. The Hall–Kier alpha value is -0.550. The van der Waals surface area contributed by atoms with E-state index >= 15 is 0 Å². The fourth-order valence-electron chi connectivity index (χ4n) is 1.92. The van der Waals surface area contributed by atoms with Crippen LogP contribution in [0.3, 0.4) is 0 Å². The maximum Gasteiger partial charge on any atom is 0.182 e. The number of hydrogen-bond acceptors (Lipinski definition) is 3. The summed E-state index contributed by atoms with van der Waals surface area (Å²) >= 11 is 7.93. The van der Waals surface area contributed by atoms with Crippen LogP contribution in [-0.4, -0.2) is 25.3 Å². The highest BCUT2D eigenvalue weighted by atomic mass is 35.5. The van der Waals surface area contributed by atoms with Crippen LogP contribution >= 0.6 is 23.4 Å². The summed E-state index contributed by atoms with van der Waals surface area (Å²) in [5.74, 6) is 0.444. The van der Waals surface area contributed by atoms with Crippen molar-refractivity contribution < 1.29 is 13.9 Å². The van der Waals surface area contributed by atoms with E-state index in [1.54, 1.807) is 17.8 Å². The highest BCUT2D eigenvalue weighted by Crippen LogP contribution is 2.41. The minimum Gasteiger partial charge on any atom is -0.346 e. The third-order valence-corrected chi connectivity index (χ3v) is 4.32. The molecule has 1 saturated heterocycles. The van der Waals surface area contributed by atoms with Crippen LogP contribution in [0, 0.1) is 5.82 Å².